The van der Waals surface area contributed by atoms with Crippen molar-refractivity contribution >= 4 is 16.8 Å². The van der Waals surface area contributed by atoms with E-state index in [1.807, 2.05) is 24.5 Å². The zero-order valence-corrected chi connectivity index (χ0v) is 10.8. The van der Waals surface area contributed by atoms with Crippen LogP contribution in [-0.4, -0.2) is 17.4 Å². The summed E-state index contributed by atoms with van der Waals surface area (Å²) in [6.07, 6.45) is 3.69. The fourth-order valence-corrected chi connectivity index (χ4v) is 3.03. The Morgan fingerprint density at radius 2 is 2.06 bits per heavy atom. The lowest BCUT2D eigenvalue weighted by molar-refractivity contribution is -0.116. The Balaban J connectivity index is 0.00000225. The van der Waals surface area contributed by atoms with Crippen LogP contribution < -0.4 is 18.1 Å². The van der Waals surface area contributed by atoms with Crippen molar-refractivity contribution in [1.29, 1.82) is 0 Å². The topological polar surface area (TPSA) is 43.1 Å². The zero-order chi connectivity index (χ0) is 11.3. The molecule has 88 valence electrons. The fourth-order valence-electron chi connectivity index (χ4n) is 1.41. The van der Waals surface area contributed by atoms with E-state index in [1.54, 1.807) is 6.08 Å². The van der Waals surface area contributed by atoms with Crippen LogP contribution in [0.1, 0.15) is 5.56 Å². The molecule has 0 fully saturated rings. The monoisotopic (exact) mass is 257 g/mol. The molecule has 0 saturated carbocycles. The van der Waals surface area contributed by atoms with Crippen molar-refractivity contribution in [3.05, 3.63) is 48.6 Å². The Morgan fingerprint density at radius 1 is 1.50 bits per heavy atom. The number of hydrogen-bond donors (Lipinski definition) is 1. The molecule has 1 aromatic rings. The van der Waals surface area contributed by atoms with Gasteiger partial charge in [0.2, 0.25) is 5.25 Å². The fraction of sp³-hybridized carbons (Fsp3) is 0.250. The molecule has 0 aliphatic heterocycles. The Hall–Kier alpha value is -0.930. The normalized spacial score (nSPS) is 13.3. The highest BCUT2D eigenvalue weighted by atomic mass is 35.5. The van der Waals surface area contributed by atoms with Gasteiger partial charge in [0.25, 0.3) is 5.91 Å². The molecule has 2 N–H and O–H groups in total. The maximum atomic E-state index is 11.1. The van der Waals surface area contributed by atoms with Crippen molar-refractivity contribution in [3.8, 4) is 0 Å². The number of amides is 1. The van der Waals surface area contributed by atoms with E-state index in [0.717, 1.165) is 5.75 Å². The van der Waals surface area contributed by atoms with Gasteiger partial charge >= 0.3 is 0 Å². The summed E-state index contributed by atoms with van der Waals surface area (Å²) in [6, 6.07) is 10.1. The minimum Gasteiger partial charge on any atom is -1.00 e. The van der Waals surface area contributed by atoms with Gasteiger partial charge in [-0.25, -0.2) is 0 Å². The molecule has 0 spiro atoms. The van der Waals surface area contributed by atoms with Crippen molar-refractivity contribution in [2.45, 2.75) is 11.0 Å². The smallest absolute Gasteiger partial charge is 0.274 e. The molecule has 2 atom stereocenters. The summed E-state index contributed by atoms with van der Waals surface area (Å²) in [4.78, 5) is 11.1. The molecule has 2 unspecified atom stereocenters. The number of primary amides is 1. The summed E-state index contributed by atoms with van der Waals surface area (Å²) in [7, 11) is -0.0815. The van der Waals surface area contributed by atoms with Crippen LogP contribution in [0, 0.1) is 0 Å². The van der Waals surface area contributed by atoms with E-state index in [0.29, 0.717) is 0 Å². The van der Waals surface area contributed by atoms with Gasteiger partial charge in [0.1, 0.15) is 5.75 Å². The predicted molar refractivity (Wildman–Crippen MR) is 66.6 cm³/mol. The summed E-state index contributed by atoms with van der Waals surface area (Å²) in [5.41, 5.74) is 6.53. The summed E-state index contributed by atoms with van der Waals surface area (Å²) in [5.74, 6) is 0.590. The molecule has 0 aromatic heterocycles. The number of carbonyl (C=O) groups excluding carboxylic acids is 1. The molecule has 2 nitrogen and oxygen atoms in total. The molecule has 4 heteroatoms. The Labute approximate surface area is 106 Å². The van der Waals surface area contributed by atoms with Crippen molar-refractivity contribution in [2.75, 3.05) is 6.26 Å². The largest absolute Gasteiger partial charge is 1.00 e. The third-order valence-electron chi connectivity index (χ3n) is 2.17. The number of benzene rings is 1. The van der Waals surface area contributed by atoms with E-state index in [4.69, 9.17) is 5.73 Å². The Bertz CT molecular complexity index is 342. The maximum Gasteiger partial charge on any atom is 0.274 e. The van der Waals surface area contributed by atoms with Crippen LogP contribution in [0.25, 0.3) is 0 Å². The average molecular weight is 258 g/mol. The third kappa shape index (κ3) is 4.29. The van der Waals surface area contributed by atoms with Crippen LogP contribution in [0.15, 0.2) is 43.0 Å². The third-order valence-corrected chi connectivity index (χ3v) is 4.25. The standard InChI is InChI=1S/C12H15NOS.ClH/c1-3-11(12(13)14)15(2)9-10-7-5-4-6-8-10;/h3-8,11H,1,9H2,2H3,(H-,13,14);1H. The minimum atomic E-state index is -0.285. The first-order valence-electron chi connectivity index (χ1n) is 4.72. The zero-order valence-electron chi connectivity index (χ0n) is 9.23. The van der Waals surface area contributed by atoms with Crippen molar-refractivity contribution in [1.82, 2.24) is 0 Å². The van der Waals surface area contributed by atoms with Gasteiger partial charge in [0.05, 0.1) is 6.26 Å². The van der Waals surface area contributed by atoms with Crippen LogP contribution >= 0.6 is 0 Å². The number of hydrogen-bond acceptors (Lipinski definition) is 1. The molecule has 0 bridgehead atoms. The predicted octanol–water partition coefficient (Wildman–Crippen LogP) is -1.52. The first-order chi connectivity index (χ1) is 7.15. The summed E-state index contributed by atoms with van der Waals surface area (Å²) in [5, 5.41) is -0.217. The lowest BCUT2D eigenvalue weighted by Gasteiger charge is -2.09. The van der Waals surface area contributed by atoms with Gasteiger partial charge in [0.15, 0.2) is 0 Å². The average Bonchev–Trinajstić information content (AvgIpc) is 2.19. The van der Waals surface area contributed by atoms with Gasteiger partial charge in [-0.15, -0.1) is 0 Å². The maximum absolute atomic E-state index is 11.1. The molecular weight excluding hydrogens is 242 g/mol. The van der Waals surface area contributed by atoms with E-state index in [2.05, 4.69) is 18.7 Å². The Morgan fingerprint density at radius 3 is 2.50 bits per heavy atom. The van der Waals surface area contributed by atoms with Gasteiger partial charge in [-0.2, -0.15) is 0 Å². The van der Waals surface area contributed by atoms with E-state index >= 15 is 0 Å². The second kappa shape index (κ2) is 7.36. The Kier molecular flexibility index (Phi) is 6.93. The molecule has 1 amide bonds. The SMILES string of the molecule is C=CC(C(N)=O)[S+](C)Cc1ccccc1.[Cl-]. The highest BCUT2D eigenvalue weighted by Crippen LogP contribution is 2.12. The van der Waals surface area contributed by atoms with Crippen molar-refractivity contribution in [2.24, 2.45) is 5.73 Å². The minimum absolute atomic E-state index is 0. The van der Waals surface area contributed by atoms with Gasteiger partial charge in [0, 0.05) is 16.5 Å². The molecule has 1 rings (SSSR count). The summed E-state index contributed by atoms with van der Waals surface area (Å²) in [6.45, 7) is 3.65. The second-order valence-corrected chi connectivity index (χ2v) is 5.56. The first kappa shape index (κ1) is 15.1. The van der Waals surface area contributed by atoms with Gasteiger partial charge in [-0.1, -0.05) is 36.9 Å². The molecule has 0 radical (unpaired) electrons. The second-order valence-electron chi connectivity index (χ2n) is 3.38. The van der Waals surface area contributed by atoms with E-state index in [-0.39, 0.29) is 34.5 Å². The van der Waals surface area contributed by atoms with E-state index in [1.165, 1.54) is 5.56 Å². The van der Waals surface area contributed by atoms with E-state index < -0.39 is 0 Å². The van der Waals surface area contributed by atoms with Crippen molar-refractivity contribution in [3.63, 3.8) is 0 Å². The van der Waals surface area contributed by atoms with Crippen LogP contribution in [0.2, 0.25) is 0 Å². The molecule has 0 saturated heterocycles. The quantitative estimate of drug-likeness (QED) is 0.505. The number of carbonyl (C=O) groups is 1. The number of rotatable bonds is 5. The molecule has 1 aromatic carbocycles. The van der Waals surface area contributed by atoms with Crippen LogP contribution in [0.4, 0.5) is 0 Å². The van der Waals surface area contributed by atoms with Gasteiger partial charge in [-0.05, 0) is 6.08 Å². The molecule has 16 heavy (non-hydrogen) atoms. The van der Waals surface area contributed by atoms with Crippen LogP contribution in [-0.2, 0) is 21.4 Å². The number of nitrogens with two attached hydrogens (primary N) is 1. The molecular formula is C12H16ClNOS. The summed E-state index contributed by atoms with van der Waals surface area (Å²) < 4.78 is 0. The van der Waals surface area contributed by atoms with Crippen LogP contribution in [0.3, 0.4) is 0 Å². The molecule has 0 heterocycles. The molecule has 0 aliphatic rings. The van der Waals surface area contributed by atoms with Crippen LogP contribution in [0.5, 0.6) is 0 Å². The molecule has 0 aliphatic carbocycles. The van der Waals surface area contributed by atoms with Gasteiger partial charge in [-0.3, -0.25) is 4.79 Å². The van der Waals surface area contributed by atoms with Gasteiger partial charge < -0.3 is 18.1 Å². The van der Waals surface area contributed by atoms with E-state index in [9.17, 15) is 4.79 Å². The highest BCUT2D eigenvalue weighted by molar-refractivity contribution is 7.96. The lowest BCUT2D eigenvalue weighted by Crippen LogP contribution is -3.00. The first-order valence-corrected chi connectivity index (χ1v) is 6.59. The van der Waals surface area contributed by atoms with Crippen molar-refractivity contribution < 1.29 is 17.2 Å². The summed E-state index contributed by atoms with van der Waals surface area (Å²) >= 11 is 0. The number of halogens is 1. The highest BCUT2D eigenvalue weighted by Gasteiger charge is 2.28. The lowest BCUT2D eigenvalue weighted by atomic mass is 10.2.